The van der Waals surface area contributed by atoms with Gasteiger partial charge in [-0.25, -0.2) is 4.39 Å². The molecule has 1 aromatic heterocycles. The summed E-state index contributed by atoms with van der Waals surface area (Å²) in [5, 5.41) is 0. The fourth-order valence-electron chi connectivity index (χ4n) is 1.89. The van der Waals surface area contributed by atoms with Gasteiger partial charge in [-0.3, -0.25) is 4.98 Å². The summed E-state index contributed by atoms with van der Waals surface area (Å²) in [5.41, 5.74) is 3.32. The first-order valence-corrected chi connectivity index (χ1v) is 5.35. The van der Waals surface area contributed by atoms with Gasteiger partial charge in [0.2, 0.25) is 0 Å². The van der Waals surface area contributed by atoms with E-state index in [4.69, 9.17) is 0 Å². The van der Waals surface area contributed by atoms with Crippen LogP contribution >= 0.6 is 0 Å². The zero-order valence-corrected chi connectivity index (χ0v) is 9.44. The van der Waals surface area contributed by atoms with Crippen molar-refractivity contribution in [3.8, 4) is 0 Å². The highest BCUT2D eigenvalue weighted by Gasteiger charge is 2.10. The summed E-state index contributed by atoms with van der Waals surface area (Å²) in [5.74, 6) is 0.0492. The third-order valence-corrected chi connectivity index (χ3v) is 2.88. The third-order valence-electron chi connectivity index (χ3n) is 2.88. The van der Waals surface area contributed by atoms with E-state index in [1.54, 1.807) is 6.20 Å². The lowest BCUT2D eigenvalue weighted by atomic mass is 9.92. The van der Waals surface area contributed by atoms with Crippen LogP contribution in [-0.2, 0) is 0 Å². The molecule has 2 aromatic rings. The summed E-state index contributed by atoms with van der Waals surface area (Å²) in [6.07, 6.45) is 1.79. The molecule has 0 saturated heterocycles. The molecule has 0 bridgehead atoms. The lowest BCUT2D eigenvalue weighted by molar-refractivity contribution is 0.626. The molecule has 0 spiro atoms. The van der Waals surface area contributed by atoms with Crippen molar-refractivity contribution in [2.75, 3.05) is 0 Å². The Hall–Kier alpha value is -1.70. The van der Waals surface area contributed by atoms with E-state index in [0.717, 1.165) is 11.3 Å². The first-order chi connectivity index (χ1) is 7.68. The Balaban J connectivity index is 2.35. The summed E-state index contributed by atoms with van der Waals surface area (Å²) in [6, 6.07) is 10.6. The largest absolute Gasteiger partial charge is 0.261 e. The molecule has 1 nitrogen and oxygen atoms in total. The molecule has 0 saturated carbocycles. The monoisotopic (exact) mass is 215 g/mol. The smallest absolute Gasteiger partial charge is 0.123 e. The zero-order valence-electron chi connectivity index (χ0n) is 9.44. The maximum absolute atomic E-state index is 12.8. The molecular weight excluding hydrogens is 201 g/mol. The lowest BCUT2D eigenvalue weighted by Crippen LogP contribution is -2.00. The van der Waals surface area contributed by atoms with Crippen molar-refractivity contribution in [2.45, 2.75) is 19.8 Å². The van der Waals surface area contributed by atoms with Gasteiger partial charge in [-0.05, 0) is 36.2 Å². The van der Waals surface area contributed by atoms with Crippen LogP contribution in [0.1, 0.15) is 29.7 Å². The Morgan fingerprint density at radius 2 is 1.81 bits per heavy atom. The molecule has 82 valence electrons. The molecule has 0 aliphatic heterocycles. The minimum absolute atomic E-state index is 0.196. The van der Waals surface area contributed by atoms with Crippen molar-refractivity contribution in [3.05, 3.63) is 65.2 Å². The molecule has 0 fully saturated rings. The first kappa shape index (κ1) is 10.8. The van der Waals surface area contributed by atoms with E-state index in [9.17, 15) is 4.39 Å². The molecular formula is C14H14FN. The van der Waals surface area contributed by atoms with Gasteiger partial charge in [-0.15, -0.1) is 0 Å². The van der Waals surface area contributed by atoms with E-state index in [1.807, 2.05) is 25.1 Å². The predicted octanol–water partition coefficient (Wildman–Crippen LogP) is 3.68. The zero-order chi connectivity index (χ0) is 11.5. The van der Waals surface area contributed by atoms with Crippen molar-refractivity contribution in [2.24, 2.45) is 0 Å². The molecule has 2 rings (SSSR count). The highest BCUT2D eigenvalue weighted by atomic mass is 19.1. The second-order valence-corrected chi connectivity index (χ2v) is 3.95. The van der Waals surface area contributed by atoms with E-state index in [0.29, 0.717) is 0 Å². The summed E-state index contributed by atoms with van der Waals surface area (Å²) in [4.78, 5) is 4.27. The molecule has 2 heteroatoms. The number of halogens is 1. The van der Waals surface area contributed by atoms with Crippen molar-refractivity contribution < 1.29 is 4.39 Å². The van der Waals surface area contributed by atoms with Crippen molar-refractivity contribution in [1.82, 2.24) is 4.98 Å². The molecule has 0 aliphatic rings. The van der Waals surface area contributed by atoms with Gasteiger partial charge in [0.05, 0.1) is 0 Å². The summed E-state index contributed by atoms with van der Waals surface area (Å²) >= 11 is 0. The van der Waals surface area contributed by atoms with E-state index in [2.05, 4.69) is 18.0 Å². The fraction of sp³-hybridized carbons (Fsp3) is 0.214. The number of aromatic nitrogens is 1. The molecule has 1 unspecified atom stereocenters. The summed E-state index contributed by atoms with van der Waals surface area (Å²) < 4.78 is 12.8. The van der Waals surface area contributed by atoms with Crippen LogP contribution in [0.2, 0.25) is 0 Å². The van der Waals surface area contributed by atoms with Gasteiger partial charge in [0.25, 0.3) is 0 Å². The average molecular weight is 215 g/mol. The number of nitrogens with zero attached hydrogens (tertiary/aromatic N) is 1. The number of pyridine rings is 1. The van der Waals surface area contributed by atoms with Crippen LogP contribution in [0.4, 0.5) is 4.39 Å². The van der Waals surface area contributed by atoms with E-state index < -0.39 is 0 Å². The van der Waals surface area contributed by atoms with Crippen LogP contribution in [0, 0.1) is 12.7 Å². The SMILES string of the molecule is Cc1ncccc1C(C)c1ccc(F)cc1. The number of hydrogen-bond donors (Lipinski definition) is 0. The van der Waals surface area contributed by atoms with Crippen LogP contribution in [-0.4, -0.2) is 4.98 Å². The fourth-order valence-corrected chi connectivity index (χ4v) is 1.89. The molecule has 16 heavy (non-hydrogen) atoms. The van der Waals surface area contributed by atoms with E-state index in [-0.39, 0.29) is 11.7 Å². The van der Waals surface area contributed by atoms with Gasteiger partial charge in [0, 0.05) is 17.8 Å². The quantitative estimate of drug-likeness (QED) is 0.744. The number of hydrogen-bond acceptors (Lipinski definition) is 1. The summed E-state index contributed by atoms with van der Waals surface area (Å²) in [7, 11) is 0. The number of rotatable bonds is 2. The highest BCUT2D eigenvalue weighted by Crippen LogP contribution is 2.25. The van der Waals surface area contributed by atoms with Gasteiger partial charge < -0.3 is 0 Å². The van der Waals surface area contributed by atoms with E-state index in [1.165, 1.54) is 17.7 Å². The van der Waals surface area contributed by atoms with Crippen molar-refractivity contribution in [1.29, 1.82) is 0 Å². The Morgan fingerprint density at radius 1 is 1.12 bits per heavy atom. The van der Waals surface area contributed by atoms with Gasteiger partial charge in [-0.2, -0.15) is 0 Å². The average Bonchev–Trinajstić information content (AvgIpc) is 2.30. The minimum Gasteiger partial charge on any atom is -0.261 e. The second-order valence-electron chi connectivity index (χ2n) is 3.95. The van der Waals surface area contributed by atoms with Crippen molar-refractivity contribution in [3.63, 3.8) is 0 Å². The standard InChI is InChI=1S/C14H14FN/c1-10(12-5-7-13(15)8-6-12)14-4-3-9-16-11(14)2/h3-10H,1-2H3. The van der Waals surface area contributed by atoms with Crippen LogP contribution in [0.15, 0.2) is 42.6 Å². The van der Waals surface area contributed by atoms with Crippen LogP contribution in [0.5, 0.6) is 0 Å². The Morgan fingerprint density at radius 3 is 2.44 bits per heavy atom. The Kier molecular flexibility index (Phi) is 3.00. The molecule has 0 aliphatic carbocycles. The molecule has 1 heterocycles. The molecule has 0 radical (unpaired) electrons. The normalized spacial score (nSPS) is 12.4. The molecule has 0 N–H and O–H groups in total. The molecule has 0 amide bonds. The van der Waals surface area contributed by atoms with Crippen LogP contribution in [0.3, 0.4) is 0 Å². The lowest BCUT2D eigenvalue weighted by Gasteiger charge is -2.14. The van der Waals surface area contributed by atoms with Crippen LogP contribution in [0.25, 0.3) is 0 Å². The molecule has 1 atom stereocenters. The van der Waals surface area contributed by atoms with Gasteiger partial charge >= 0.3 is 0 Å². The van der Waals surface area contributed by atoms with Gasteiger partial charge in [0.1, 0.15) is 5.82 Å². The predicted molar refractivity (Wildman–Crippen MR) is 62.9 cm³/mol. The first-order valence-electron chi connectivity index (χ1n) is 5.35. The number of benzene rings is 1. The highest BCUT2D eigenvalue weighted by molar-refractivity contribution is 5.33. The number of aryl methyl sites for hydroxylation is 1. The topological polar surface area (TPSA) is 12.9 Å². The molecule has 1 aromatic carbocycles. The van der Waals surface area contributed by atoms with Gasteiger partial charge in [0.15, 0.2) is 0 Å². The summed E-state index contributed by atoms with van der Waals surface area (Å²) in [6.45, 7) is 4.10. The maximum Gasteiger partial charge on any atom is 0.123 e. The third kappa shape index (κ3) is 2.11. The van der Waals surface area contributed by atoms with Crippen molar-refractivity contribution >= 4 is 0 Å². The van der Waals surface area contributed by atoms with Gasteiger partial charge in [-0.1, -0.05) is 25.1 Å². The van der Waals surface area contributed by atoms with Crippen LogP contribution < -0.4 is 0 Å². The minimum atomic E-state index is -0.196. The second kappa shape index (κ2) is 4.44. The van der Waals surface area contributed by atoms with E-state index >= 15 is 0 Å². The Labute approximate surface area is 95.0 Å². The Bertz CT molecular complexity index is 476. The maximum atomic E-state index is 12.8.